The quantitative estimate of drug-likeness (QED) is 0.905. The average molecular weight is 261 g/mol. The zero-order valence-electron chi connectivity index (χ0n) is 12.0. The topological polar surface area (TPSA) is 38.3 Å². The molecule has 0 spiro atoms. The van der Waals surface area contributed by atoms with E-state index in [0.717, 1.165) is 35.6 Å². The van der Waals surface area contributed by atoms with Crippen LogP contribution in [0.4, 0.5) is 0 Å². The normalized spacial score (nSPS) is 22.3. The summed E-state index contributed by atoms with van der Waals surface area (Å²) in [5.74, 6) is 1.51. The van der Waals surface area contributed by atoms with Crippen molar-refractivity contribution in [3.63, 3.8) is 0 Å². The van der Waals surface area contributed by atoms with Crippen LogP contribution >= 0.6 is 0 Å². The number of benzene rings is 1. The highest BCUT2D eigenvalue weighted by molar-refractivity contribution is 5.77. The van der Waals surface area contributed by atoms with Gasteiger partial charge in [-0.15, -0.1) is 0 Å². The Balaban J connectivity index is 1.81. The number of aryl methyl sites for hydroxylation is 2. The molecule has 1 fully saturated rings. The van der Waals surface area contributed by atoms with Crippen molar-refractivity contribution in [3.05, 3.63) is 29.3 Å². The second kappa shape index (κ2) is 6.09. The molecule has 0 heterocycles. The lowest BCUT2D eigenvalue weighted by Crippen LogP contribution is -2.36. The van der Waals surface area contributed by atoms with E-state index in [1.807, 2.05) is 32.0 Å². The zero-order valence-corrected chi connectivity index (χ0v) is 12.0. The number of amides is 1. The lowest BCUT2D eigenvalue weighted by atomic mass is 10.1. The van der Waals surface area contributed by atoms with E-state index in [1.165, 1.54) is 6.42 Å². The Labute approximate surface area is 115 Å². The third-order valence-electron chi connectivity index (χ3n) is 3.76. The van der Waals surface area contributed by atoms with Crippen LogP contribution < -0.4 is 10.1 Å². The van der Waals surface area contributed by atoms with Crippen LogP contribution in [0.2, 0.25) is 0 Å². The fourth-order valence-corrected chi connectivity index (χ4v) is 2.61. The maximum atomic E-state index is 11.8. The fourth-order valence-electron chi connectivity index (χ4n) is 2.61. The van der Waals surface area contributed by atoms with E-state index in [1.54, 1.807) is 0 Å². The smallest absolute Gasteiger partial charge is 0.258 e. The fraction of sp³-hybridized carbons (Fsp3) is 0.562. The van der Waals surface area contributed by atoms with Gasteiger partial charge in [-0.3, -0.25) is 4.79 Å². The molecule has 2 atom stereocenters. The van der Waals surface area contributed by atoms with Crippen molar-refractivity contribution in [2.24, 2.45) is 5.92 Å². The molecule has 2 unspecified atom stereocenters. The summed E-state index contributed by atoms with van der Waals surface area (Å²) in [5.41, 5.74) is 2.21. The average Bonchev–Trinajstić information content (AvgIpc) is 2.76. The van der Waals surface area contributed by atoms with Gasteiger partial charge >= 0.3 is 0 Å². The molecule has 104 valence electrons. The molecule has 19 heavy (non-hydrogen) atoms. The van der Waals surface area contributed by atoms with Crippen molar-refractivity contribution in [1.82, 2.24) is 5.32 Å². The van der Waals surface area contributed by atoms with E-state index in [-0.39, 0.29) is 12.5 Å². The summed E-state index contributed by atoms with van der Waals surface area (Å²) in [7, 11) is 0. The molecule has 2 rings (SSSR count). The molecule has 3 nitrogen and oxygen atoms in total. The highest BCUT2D eigenvalue weighted by Gasteiger charge is 2.22. The number of hydrogen-bond acceptors (Lipinski definition) is 2. The van der Waals surface area contributed by atoms with E-state index in [9.17, 15) is 4.79 Å². The van der Waals surface area contributed by atoms with Crippen LogP contribution in [0.3, 0.4) is 0 Å². The lowest BCUT2D eigenvalue weighted by Gasteiger charge is -2.14. The molecule has 0 radical (unpaired) electrons. The minimum atomic E-state index is -0.0139. The molecular formula is C16H23NO2. The summed E-state index contributed by atoms with van der Waals surface area (Å²) < 4.78 is 5.60. The molecule has 1 amide bonds. The van der Waals surface area contributed by atoms with Gasteiger partial charge in [0.2, 0.25) is 0 Å². The summed E-state index contributed by atoms with van der Waals surface area (Å²) in [4.78, 5) is 11.8. The number of carbonyl (C=O) groups is 1. The van der Waals surface area contributed by atoms with Crippen molar-refractivity contribution < 1.29 is 9.53 Å². The molecule has 0 aliphatic heterocycles. The number of hydrogen-bond donors (Lipinski definition) is 1. The SMILES string of the molecule is Cc1ccc(C)c(OCC(=O)NC2CCC(C)C2)c1. The number of nitrogens with one attached hydrogen (secondary N) is 1. The van der Waals surface area contributed by atoms with Crippen LogP contribution in [-0.4, -0.2) is 18.6 Å². The Kier molecular flexibility index (Phi) is 4.46. The Hall–Kier alpha value is -1.51. The van der Waals surface area contributed by atoms with Gasteiger partial charge in [0.15, 0.2) is 6.61 Å². The van der Waals surface area contributed by atoms with Gasteiger partial charge in [0.25, 0.3) is 5.91 Å². The lowest BCUT2D eigenvalue weighted by molar-refractivity contribution is -0.123. The van der Waals surface area contributed by atoms with E-state index >= 15 is 0 Å². The van der Waals surface area contributed by atoms with Gasteiger partial charge in [-0.1, -0.05) is 19.1 Å². The minimum absolute atomic E-state index is 0.0139. The molecule has 0 bridgehead atoms. The standard InChI is InChI=1S/C16H23NO2/c1-11-5-7-14(8-11)17-16(18)10-19-15-9-12(2)4-6-13(15)3/h4,6,9,11,14H,5,7-8,10H2,1-3H3,(H,17,18). The van der Waals surface area contributed by atoms with Crippen LogP contribution in [0.25, 0.3) is 0 Å². The minimum Gasteiger partial charge on any atom is -0.483 e. The van der Waals surface area contributed by atoms with Crippen LogP contribution in [0.1, 0.15) is 37.3 Å². The Morgan fingerprint density at radius 1 is 1.37 bits per heavy atom. The van der Waals surface area contributed by atoms with E-state index < -0.39 is 0 Å². The first-order valence-corrected chi connectivity index (χ1v) is 7.04. The Bertz CT molecular complexity index is 456. The highest BCUT2D eigenvalue weighted by Crippen LogP contribution is 2.24. The van der Waals surface area contributed by atoms with Crippen molar-refractivity contribution in [2.75, 3.05) is 6.61 Å². The van der Waals surface area contributed by atoms with Crippen LogP contribution in [0, 0.1) is 19.8 Å². The second-order valence-electron chi connectivity index (χ2n) is 5.74. The zero-order chi connectivity index (χ0) is 13.8. The van der Waals surface area contributed by atoms with Gasteiger partial charge in [0, 0.05) is 6.04 Å². The largest absolute Gasteiger partial charge is 0.483 e. The second-order valence-corrected chi connectivity index (χ2v) is 5.74. The molecule has 1 N–H and O–H groups in total. The first-order valence-electron chi connectivity index (χ1n) is 7.04. The molecule has 1 aromatic carbocycles. The van der Waals surface area contributed by atoms with Gasteiger partial charge in [-0.05, 0) is 56.2 Å². The third-order valence-corrected chi connectivity index (χ3v) is 3.76. The van der Waals surface area contributed by atoms with Crippen molar-refractivity contribution in [3.8, 4) is 5.75 Å². The van der Waals surface area contributed by atoms with Gasteiger partial charge < -0.3 is 10.1 Å². The molecule has 1 aliphatic rings. The van der Waals surface area contributed by atoms with Gasteiger partial charge in [0.05, 0.1) is 0 Å². The summed E-state index contributed by atoms with van der Waals surface area (Å²) in [6.07, 6.45) is 3.40. The number of carbonyl (C=O) groups excluding carboxylic acids is 1. The summed E-state index contributed by atoms with van der Waals surface area (Å²) in [5, 5.41) is 3.05. The van der Waals surface area contributed by atoms with Crippen molar-refractivity contribution >= 4 is 5.91 Å². The predicted molar refractivity (Wildman–Crippen MR) is 76.4 cm³/mol. The molecule has 0 saturated heterocycles. The van der Waals surface area contributed by atoms with E-state index in [4.69, 9.17) is 4.74 Å². The number of ether oxygens (including phenoxy) is 1. The molecule has 3 heteroatoms. The monoisotopic (exact) mass is 261 g/mol. The Morgan fingerprint density at radius 2 is 2.16 bits per heavy atom. The predicted octanol–water partition coefficient (Wildman–Crippen LogP) is 2.99. The molecule has 1 saturated carbocycles. The van der Waals surface area contributed by atoms with Gasteiger partial charge in [-0.25, -0.2) is 0 Å². The maximum Gasteiger partial charge on any atom is 0.258 e. The first kappa shape index (κ1) is 13.9. The maximum absolute atomic E-state index is 11.8. The van der Waals surface area contributed by atoms with Crippen LogP contribution in [0.5, 0.6) is 5.75 Å². The molecule has 1 aliphatic carbocycles. The molecule has 1 aromatic rings. The highest BCUT2D eigenvalue weighted by atomic mass is 16.5. The van der Waals surface area contributed by atoms with Crippen molar-refractivity contribution in [2.45, 2.75) is 46.1 Å². The summed E-state index contributed by atoms with van der Waals surface area (Å²) in [6.45, 7) is 6.35. The molecular weight excluding hydrogens is 238 g/mol. The van der Waals surface area contributed by atoms with E-state index in [2.05, 4.69) is 12.2 Å². The third kappa shape index (κ3) is 3.98. The van der Waals surface area contributed by atoms with Crippen LogP contribution in [-0.2, 0) is 4.79 Å². The van der Waals surface area contributed by atoms with Crippen LogP contribution in [0.15, 0.2) is 18.2 Å². The molecule has 0 aromatic heterocycles. The van der Waals surface area contributed by atoms with E-state index in [0.29, 0.717) is 6.04 Å². The summed E-state index contributed by atoms with van der Waals surface area (Å²) in [6, 6.07) is 6.37. The number of rotatable bonds is 4. The van der Waals surface area contributed by atoms with Crippen molar-refractivity contribution in [1.29, 1.82) is 0 Å². The van der Waals surface area contributed by atoms with Gasteiger partial charge in [-0.2, -0.15) is 0 Å². The van der Waals surface area contributed by atoms with Gasteiger partial charge in [0.1, 0.15) is 5.75 Å². The summed E-state index contributed by atoms with van der Waals surface area (Å²) >= 11 is 0. The first-order chi connectivity index (χ1) is 9.04. The Morgan fingerprint density at radius 3 is 2.84 bits per heavy atom.